The molecule has 2 fully saturated rings. The van der Waals surface area contributed by atoms with Crippen LogP contribution in [0.15, 0.2) is 60.8 Å². The van der Waals surface area contributed by atoms with Gasteiger partial charge < -0.3 is 5.32 Å². The second-order valence-corrected chi connectivity index (χ2v) is 11.2. The van der Waals surface area contributed by atoms with E-state index in [9.17, 15) is 32.8 Å². The van der Waals surface area contributed by atoms with Crippen LogP contribution in [0.4, 0.5) is 24.8 Å². The van der Waals surface area contributed by atoms with Crippen molar-refractivity contribution < 1.29 is 27.6 Å². The first-order valence-corrected chi connectivity index (χ1v) is 14.5. The highest BCUT2D eigenvalue weighted by Crippen LogP contribution is 2.37. The maximum atomic E-state index is 14.6. The van der Waals surface area contributed by atoms with Crippen molar-refractivity contribution in [3.8, 4) is 6.07 Å². The average molecular weight is 625 g/mol. The molecule has 0 radical (unpaired) electrons. The standard InChI is InChI=1S/C31H28ClF3N6O3/c32-25-7-2-1-6-24(25)28(29(44)38-20-10-13-31(34,35)14-11-20)40(22-5-3-4-19(33)16-22)27(43)17-23-8-9-26(42)41(23)30-37-15-12-21(18-36)39-30/h1-7,12,15-16,20,23,28H,8-11,13-14,17H2,(H,38,44)/t23-,28-/m0/s1. The van der Waals surface area contributed by atoms with Gasteiger partial charge in [0.05, 0.1) is 0 Å². The third-order valence-electron chi connectivity index (χ3n) is 7.83. The molecule has 2 aliphatic rings. The van der Waals surface area contributed by atoms with Gasteiger partial charge in [-0.05, 0) is 49.6 Å². The fraction of sp³-hybridized carbons (Fsp3) is 0.355. The normalized spacial score (nSPS) is 18.8. The molecular weight excluding hydrogens is 597 g/mol. The highest BCUT2D eigenvalue weighted by molar-refractivity contribution is 6.31. The highest BCUT2D eigenvalue weighted by Gasteiger charge is 2.41. The molecule has 5 rings (SSSR count). The number of anilines is 2. The summed E-state index contributed by atoms with van der Waals surface area (Å²) in [5.41, 5.74) is 0.343. The van der Waals surface area contributed by atoms with Crippen LogP contribution in [0.2, 0.25) is 5.02 Å². The van der Waals surface area contributed by atoms with E-state index in [1.54, 1.807) is 24.3 Å². The molecule has 1 saturated heterocycles. The van der Waals surface area contributed by atoms with Crippen molar-refractivity contribution >= 4 is 41.0 Å². The van der Waals surface area contributed by atoms with Gasteiger partial charge in [0.15, 0.2) is 0 Å². The van der Waals surface area contributed by atoms with Crippen LogP contribution in [0, 0.1) is 17.1 Å². The highest BCUT2D eigenvalue weighted by atomic mass is 35.5. The molecule has 2 heterocycles. The van der Waals surface area contributed by atoms with Crippen LogP contribution in [0.1, 0.15) is 62.2 Å². The fourth-order valence-electron chi connectivity index (χ4n) is 5.66. The Bertz CT molecular complexity index is 1610. The van der Waals surface area contributed by atoms with Gasteiger partial charge >= 0.3 is 0 Å². The summed E-state index contributed by atoms with van der Waals surface area (Å²) in [6.45, 7) is 0. The van der Waals surface area contributed by atoms with Gasteiger partial charge in [0, 0.05) is 60.2 Å². The van der Waals surface area contributed by atoms with Gasteiger partial charge in [-0.3, -0.25) is 24.2 Å². The van der Waals surface area contributed by atoms with Crippen molar-refractivity contribution in [3.63, 3.8) is 0 Å². The maximum absolute atomic E-state index is 14.6. The summed E-state index contributed by atoms with van der Waals surface area (Å²) in [6, 6.07) is 12.1. The molecule has 1 saturated carbocycles. The molecule has 13 heteroatoms. The van der Waals surface area contributed by atoms with Gasteiger partial charge in [-0.2, -0.15) is 5.26 Å². The van der Waals surface area contributed by atoms with E-state index in [0.717, 1.165) is 11.0 Å². The van der Waals surface area contributed by atoms with Crippen molar-refractivity contribution in [2.75, 3.05) is 9.80 Å². The minimum absolute atomic E-state index is 0.0313. The van der Waals surface area contributed by atoms with E-state index in [1.165, 1.54) is 35.4 Å². The lowest BCUT2D eigenvalue weighted by Gasteiger charge is -2.35. The Morgan fingerprint density at radius 2 is 1.89 bits per heavy atom. The van der Waals surface area contributed by atoms with Gasteiger partial charge in [0.1, 0.15) is 23.6 Å². The summed E-state index contributed by atoms with van der Waals surface area (Å²) in [7, 11) is 0. The summed E-state index contributed by atoms with van der Waals surface area (Å²) < 4.78 is 42.2. The number of alkyl halides is 2. The second kappa shape index (κ2) is 13.0. The van der Waals surface area contributed by atoms with Crippen molar-refractivity contribution in [1.82, 2.24) is 15.3 Å². The molecule has 2 atom stereocenters. The number of halogens is 4. The molecule has 0 unspecified atom stereocenters. The molecule has 2 aromatic carbocycles. The lowest BCUT2D eigenvalue weighted by molar-refractivity contribution is -0.128. The van der Waals surface area contributed by atoms with Gasteiger partial charge in [0.2, 0.25) is 29.6 Å². The first-order valence-electron chi connectivity index (χ1n) is 14.1. The van der Waals surface area contributed by atoms with Crippen LogP contribution in [-0.2, 0) is 14.4 Å². The molecular formula is C31H28ClF3N6O3. The maximum Gasteiger partial charge on any atom is 0.248 e. The molecule has 1 N–H and O–H groups in total. The lowest BCUT2D eigenvalue weighted by atomic mass is 9.91. The molecule has 1 aliphatic carbocycles. The number of nitriles is 1. The van der Waals surface area contributed by atoms with E-state index in [2.05, 4.69) is 15.3 Å². The zero-order valence-electron chi connectivity index (χ0n) is 23.4. The van der Waals surface area contributed by atoms with Crippen LogP contribution < -0.4 is 15.1 Å². The summed E-state index contributed by atoms with van der Waals surface area (Å²) in [4.78, 5) is 51.8. The van der Waals surface area contributed by atoms with E-state index in [0.29, 0.717) is 0 Å². The Hall–Kier alpha value is -4.50. The minimum atomic E-state index is -2.81. The summed E-state index contributed by atoms with van der Waals surface area (Å²) in [5.74, 6) is -5.15. The number of nitrogens with one attached hydrogen (secondary N) is 1. The Morgan fingerprint density at radius 3 is 2.59 bits per heavy atom. The number of amides is 3. The molecule has 9 nitrogen and oxygen atoms in total. The molecule has 228 valence electrons. The summed E-state index contributed by atoms with van der Waals surface area (Å²) in [5, 5.41) is 12.2. The number of carbonyl (C=O) groups is 3. The topological polar surface area (TPSA) is 119 Å². The third kappa shape index (κ3) is 6.83. The van der Waals surface area contributed by atoms with Crippen molar-refractivity contribution in [2.24, 2.45) is 0 Å². The molecule has 1 aromatic heterocycles. The number of carbonyl (C=O) groups excluding carboxylic acids is 3. The number of rotatable bonds is 8. The predicted octanol–water partition coefficient (Wildman–Crippen LogP) is 5.49. The minimum Gasteiger partial charge on any atom is -0.351 e. The first kappa shape index (κ1) is 30.9. The average Bonchev–Trinajstić information content (AvgIpc) is 3.36. The summed E-state index contributed by atoms with van der Waals surface area (Å²) in [6.07, 6.45) is 0.713. The van der Waals surface area contributed by atoms with Gasteiger partial charge in [-0.1, -0.05) is 35.9 Å². The van der Waals surface area contributed by atoms with E-state index < -0.39 is 41.7 Å². The number of benzene rings is 2. The largest absolute Gasteiger partial charge is 0.351 e. The zero-order chi connectivity index (χ0) is 31.4. The van der Waals surface area contributed by atoms with Crippen LogP contribution in [0.5, 0.6) is 0 Å². The van der Waals surface area contributed by atoms with Crippen molar-refractivity contribution in [2.45, 2.75) is 69.0 Å². The predicted molar refractivity (Wildman–Crippen MR) is 155 cm³/mol. The fourth-order valence-corrected chi connectivity index (χ4v) is 5.90. The van der Waals surface area contributed by atoms with Crippen molar-refractivity contribution in [1.29, 1.82) is 5.26 Å². The molecule has 44 heavy (non-hydrogen) atoms. The smallest absolute Gasteiger partial charge is 0.248 e. The Kier molecular flexibility index (Phi) is 9.15. The van der Waals surface area contributed by atoms with Gasteiger partial charge in [-0.25, -0.2) is 23.1 Å². The third-order valence-corrected chi connectivity index (χ3v) is 8.18. The van der Waals surface area contributed by atoms with E-state index in [-0.39, 0.29) is 78.8 Å². The molecule has 1 aliphatic heterocycles. The molecule has 3 amide bonds. The summed E-state index contributed by atoms with van der Waals surface area (Å²) >= 11 is 6.54. The van der Waals surface area contributed by atoms with Gasteiger partial charge in [-0.15, -0.1) is 0 Å². The first-order chi connectivity index (χ1) is 21.1. The number of hydrogen-bond acceptors (Lipinski definition) is 6. The molecule has 0 bridgehead atoms. The molecule has 3 aromatic rings. The van der Waals surface area contributed by atoms with Gasteiger partial charge in [0.25, 0.3) is 0 Å². The van der Waals surface area contributed by atoms with Crippen LogP contribution in [0.25, 0.3) is 0 Å². The van der Waals surface area contributed by atoms with E-state index >= 15 is 0 Å². The van der Waals surface area contributed by atoms with Crippen molar-refractivity contribution in [3.05, 3.63) is 82.9 Å². The second-order valence-electron chi connectivity index (χ2n) is 10.8. The quantitative estimate of drug-likeness (QED) is 0.354. The number of hydrogen-bond donors (Lipinski definition) is 1. The van der Waals surface area contributed by atoms with Crippen LogP contribution in [0.3, 0.4) is 0 Å². The zero-order valence-corrected chi connectivity index (χ0v) is 24.2. The number of nitrogens with zero attached hydrogens (tertiary/aromatic N) is 5. The van der Waals surface area contributed by atoms with Crippen LogP contribution >= 0.6 is 11.6 Å². The van der Waals surface area contributed by atoms with Crippen LogP contribution in [-0.4, -0.2) is 45.7 Å². The van der Waals surface area contributed by atoms with E-state index in [1.807, 2.05) is 6.07 Å². The lowest BCUT2D eigenvalue weighted by Crippen LogP contribution is -2.49. The molecule has 0 spiro atoms. The Morgan fingerprint density at radius 1 is 1.14 bits per heavy atom. The van der Waals surface area contributed by atoms with E-state index in [4.69, 9.17) is 11.6 Å². The number of aromatic nitrogens is 2. The Labute approximate surface area is 256 Å². The monoisotopic (exact) mass is 624 g/mol. The SMILES string of the molecule is N#Cc1ccnc(N2C(=O)CC[C@H]2CC(=O)N(c2cccc(F)c2)[C@H](C(=O)NC2CCC(F)(F)CC2)c2ccccc2Cl)n1. The Balaban J connectivity index is 1.52.